The monoisotopic (exact) mass is 819 g/mol. The van der Waals surface area contributed by atoms with Crippen molar-refractivity contribution in [2.24, 2.45) is 10.8 Å². The zero-order valence-corrected chi connectivity index (χ0v) is 35.4. The Labute approximate surface area is 335 Å². The molecule has 8 atom stereocenters. The number of carbonyl (C=O) groups excluding carboxylic acids is 1. The zero-order valence-electron chi connectivity index (χ0n) is 35.4. The van der Waals surface area contributed by atoms with Crippen molar-refractivity contribution >= 4 is 6.16 Å². The summed E-state index contributed by atoms with van der Waals surface area (Å²) in [6.07, 6.45) is -4.43. The van der Waals surface area contributed by atoms with Crippen LogP contribution in [0.25, 0.3) is 0 Å². The molecule has 0 aliphatic carbocycles. The van der Waals surface area contributed by atoms with Crippen LogP contribution in [0.2, 0.25) is 0 Å². The van der Waals surface area contributed by atoms with Crippen molar-refractivity contribution in [3.63, 3.8) is 0 Å². The fourth-order valence-corrected chi connectivity index (χ4v) is 4.87. The summed E-state index contributed by atoms with van der Waals surface area (Å²) < 4.78 is 57.9. The number of rotatable bonds is 38. The van der Waals surface area contributed by atoms with Crippen molar-refractivity contribution in [3.8, 4) is 0 Å². The van der Waals surface area contributed by atoms with Crippen molar-refractivity contribution in [2.75, 3.05) is 106 Å². The minimum atomic E-state index is -0.916. The number of hydrogen-bond acceptors (Lipinski definition) is 17. The molecule has 17 heteroatoms. The molecule has 8 unspecified atom stereocenters. The van der Waals surface area contributed by atoms with Crippen LogP contribution in [0.15, 0.2) is 0 Å². The summed E-state index contributed by atoms with van der Waals surface area (Å²) in [6.45, 7) is 14.9. The smallest absolute Gasteiger partial charge is 0.429 e. The highest BCUT2D eigenvalue weighted by atomic mass is 16.7. The number of hydrogen-bond donors (Lipinski definition) is 6. The van der Waals surface area contributed by atoms with Gasteiger partial charge >= 0.3 is 6.16 Å². The quantitative estimate of drug-likeness (QED) is 0.0489. The van der Waals surface area contributed by atoms with Crippen LogP contribution in [0.1, 0.15) is 81.1 Å². The lowest BCUT2D eigenvalue weighted by atomic mass is 9.92. The van der Waals surface area contributed by atoms with Crippen LogP contribution < -0.4 is 0 Å². The Bertz CT molecular complexity index is 847. The third-order valence-electron chi connectivity index (χ3n) is 8.36. The van der Waals surface area contributed by atoms with Crippen LogP contribution in [-0.2, 0) is 47.4 Å². The fourth-order valence-electron chi connectivity index (χ4n) is 4.87. The van der Waals surface area contributed by atoms with E-state index < -0.39 is 65.8 Å². The molecule has 336 valence electrons. The van der Waals surface area contributed by atoms with Crippen molar-refractivity contribution < 1.29 is 82.8 Å². The summed E-state index contributed by atoms with van der Waals surface area (Å²) in [5.74, 6) is 0. The highest BCUT2D eigenvalue weighted by Crippen LogP contribution is 2.24. The Morgan fingerprint density at radius 2 is 0.696 bits per heavy atom. The predicted octanol–water partition coefficient (Wildman–Crippen LogP) is 1.87. The van der Waals surface area contributed by atoms with E-state index in [0.29, 0.717) is 25.7 Å². The normalized spacial score (nSPS) is 18.5. The molecule has 0 amide bonds. The molecule has 0 aliphatic rings. The summed E-state index contributed by atoms with van der Waals surface area (Å²) in [5, 5.41) is 59.4. The molecule has 0 heterocycles. The minimum Gasteiger partial charge on any atom is -0.429 e. The molecule has 0 aromatic rings. The maximum absolute atomic E-state index is 12.8. The molecule has 56 heavy (non-hydrogen) atoms. The third-order valence-corrected chi connectivity index (χ3v) is 8.36. The summed E-state index contributed by atoms with van der Waals surface area (Å²) in [4.78, 5) is 12.8. The first kappa shape index (κ1) is 54.7. The standard InChI is InChI=1S/C39H78O17/c1-9-33(43)17-51-25-39(26-52-18-34(44)10-2,27-53-19-35(45)11-3)28-54-20-36(12-4)56-37(46)55-32(8)16-50-24-38(21-47-13-29(5)40,22-48-14-30(6)41)23-49-15-31(7)42/h29-36,40-45H,9-28H2,1-8H3. The molecule has 0 aromatic heterocycles. The fraction of sp³-hybridized carbons (Fsp3) is 0.974. The lowest BCUT2D eigenvalue weighted by Gasteiger charge is -2.34. The molecule has 0 saturated carbocycles. The van der Waals surface area contributed by atoms with Gasteiger partial charge in [-0.15, -0.1) is 0 Å². The van der Waals surface area contributed by atoms with Gasteiger partial charge in [-0.05, 0) is 53.4 Å². The Morgan fingerprint density at radius 1 is 0.411 bits per heavy atom. The lowest BCUT2D eigenvalue weighted by Crippen LogP contribution is -2.44. The second-order valence-corrected chi connectivity index (χ2v) is 15.2. The Morgan fingerprint density at radius 3 is 0.982 bits per heavy atom. The van der Waals surface area contributed by atoms with E-state index in [2.05, 4.69) is 0 Å². The van der Waals surface area contributed by atoms with Gasteiger partial charge in [0.05, 0.1) is 153 Å². The van der Waals surface area contributed by atoms with Gasteiger partial charge < -0.3 is 78.0 Å². The predicted molar refractivity (Wildman–Crippen MR) is 206 cm³/mol. The van der Waals surface area contributed by atoms with Gasteiger partial charge in [-0.3, -0.25) is 0 Å². The lowest BCUT2D eigenvalue weighted by molar-refractivity contribution is -0.135. The van der Waals surface area contributed by atoms with Crippen molar-refractivity contribution in [3.05, 3.63) is 0 Å². The van der Waals surface area contributed by atoms with Gasteiger partial charge in [-0.2, -0.15) is 0 Å². The summed E-state index contributed by atoms with van der Waals surface area (Å²) in [6, 6.07) is 0. The van der Waals surface area contributed by atoms with E-state index in [1.54, 1.807) is 27.7 Å². The van der Waals surface area contributed by atoms with Crippen molar-refractivity contribution in [2.45, 2.75) is 130 Å². The van der Waals surface area contributed by atoms with Crippen LogP contribution >= 0.6 is 0 Å². The van der Waals surface area contributed by atoms with Gasteiger partial charge in [-0.25, -0.2) is 4.79 Å². The van der Waals surface area contributed by atoms with E-state index >= 15 is 0 Å². The summed E-state index contributed by atoms with van der Waals surface area (Å²) in [5.41, 5.74) is -1.75. The molecule has 6 N–H and O–H groups in total. The van der Waals surface area contributed by atoms with E-state index in [1.807, 2.05) is 27.7 Å². The first-order valence-electron chi connectivity index (χ1n) is 20.1. The molecule has 0 aromatic carbocycles. The highest BCUT2D eigenvalue weighted by Gasteiger charge is 2.35. The van der Waals surface area contributed by atoms with Gasteiger partial charge in [0.15, 0.2) is 0 Å². The molecule has 17 nitrogen and oxygen atoms in total. The van der Waals surface area contributed by atoms with E-state index in [1.165, 1.54) is 0 Å². The summed E-state index contributed by atoms with van der Waals surface area (Å²) in [7, 11) is 0. The second-order valence-electron chi connectivity index (χ2n) is 15.2. The number of aliphatic hydroxyl groups is 6. The largest absolute Gasteiger partial charge is 0.508 e. The maximum Gasteiger partial charge on any atom is 0.508 e. The van der Waals surface area contributed by atoms with Crippen molar-refractivity contribution in [1.29, 1.82) is 0 Å². The molecule has 0 bridgehead atoms. The second kappa shape index (κ2) is 32.5. The van der Waals surface area contributed by atoms with Crippen LogP contribution in [0.5, 0.6) is 0 Å². The Kier molecular flexibility index (Phi) is 31.8. The molecule has 0 aliphatic heterocycles. The van der Waals surface area contributed by atoms with E-state index in [4.69, 9.17) is 47.4 Å². The average Bonchev–Trinajstić information content (AvgIpc) is 3.13. The maximum atomic E-state index is 12.8. The van der Waals surface area contributed by atoms with Gasteiger partial charge in [0.1, 0.15) is 12.2 Å². The van der Waals surface area contributed by atoms with Gasteiger partial charge in [0, 0.05) is 0 Å². The molecule has 0 rings (SSSR count). The SMILES string of the molecule is CCC(O)COCC(COCC(O)CC)(COCC(O)CC)COCC(CC)OC(=O)OC(C)COCC(COCC(C)O)(COCC(C)O)COCC(C)O. The first-order chi connectivity index (χ1) is 26.5. The molecule has 0 saturated heterocycles. The van der Waals surface area contributed by atoms with Gasteiger partial charge in [-0.1, -0.05) is 27.7 Å². The van der Waals surface area contributed by atoms with Gasteiger partial charge in [0.2, 0.25) is 0 Å². The van der Waals surface area contributed by atoms with Crippen LogP contribution in [0, 0.1) is 10.8 Å². The molecular weight excluding hydrogens is 740 g/mol. The van der Waals surface area contributed by atoms with Gasteiger partial charge in [0.25, 0.3) is 0 Å². The number of ether oxygens (including phenoxy) is 10. The molecule has 0 fully saturated rings. The van der Waals surface area contributed by atoms with E-state index in [9.17, 15) is 35.4 Å². The first-order valence-corrected chi connectivity index (χ1v) is 20.1. The van der Waals surface area contributed by atoms with E-state index in [0.717, 1.165) is 0 Å². The van der Waals surface area contributed by atoms with Crippen LogP contribution in [-0.4, -0.2) is 191 Å². The molecular formula is C39H78O17. The number of carbonyl (C=O) groups is 1. The average molecular weight is 819 g/mol. The molecule has 0 radical (unpaired) electrons. The van der Waals surface area contributed by atoms with Crippen LogP contribution in [0.3, 0.4) is 0 Å². The van der Waals surface area contributed by atoms with Crippen LogP contribution in [0.4, 0.5) is 4.79 Å². The Hall–Kier alpha value is -1.29. The number of aliphatic hydroxyl groups excluding tert-OH is 6. The van der Waals surface area contributed by atoms with Crippen molar-refractivity contribution in [1.82, 2.24) is 0 Å². The molecule has 0 spiro atoms. The summed E-state index contributed by atoms with van der Waals surface area (Å²) >= 11 is 0. The highest BCUT2D eigenvalue weighted by molar-refractivity contribution is 5.60. The van der Waals surface area contributed by atoms with E-state index in [-0.39, 0.29) is 106 Å². The topological polar surface area (TPSA) is 231 Å². The minimum absolute atomic E-state index is 0.0119. The third kappa shape index (κ3) is 28.2. The Balaban J connectivity index is 5.51. The zero-order chi connectivity index (χ0) is 42.4.